The molecule has 3 rings (SSSR count). The van der Waals surface area contributed by atoms with Gasteiger partial charge in [0.15, 0.2) is 11.5 Å². The summed E-state index contributed by atoms with van der Waals surface area (Å²) in [6.45, 7) is 1.79. The number of benzene rings is 2. The summed E-state index contributed by atoms with van der Waals surface area (Å²) in [7, 11) is 3.22. The van der Waals surface area contributed by atoms with Crippen LogP contribution in [0.3, 0.4) is 0 Å². The number of methoxy groups -OCH3 is 2. The molecule has 1 aliphatic heterocycles. The van der Waals surface area contributed by atoms with Crippen LogP contribution in [0.25, 0.3) is 0 Å². The molecule has 1 fully saturated rings. The second kappa shape index (κ2) is 9.96. The van der Waals surface area contributed by atoms with Crippen molar-refractivity contribution in [1.82, 2.24) is 10.2 Å². The van der Waals surface area contributed by atoms with Gasteiger partial charge in [0.25, 0.3) is 5.91 Å². The molecule has 154 valence electrons. The minimum Gasteiger partial charge on any atom is -0.493 e. The van der Waals surface area contributed by atoms with Crippen LogP contribution in [0.4, 0.5) is 0 Å². The van der Waals surface area contributed by atoms with Gasteiger partial charge in [-0.3, -0.25) is 9.59 Å². The number of ether oxygens (including phenoxy) is 2. The Morgan fingerprint density at radius 3 is 2.34 bits per heavy atom. The minimum atomic E-state index is -0.0415. The average molecular weight is 396 g/mol. The minimum absolute atomic E-state index is 0.0397. The maximum absolute atomic E-state index is 12.5. The van der Waals surface area contributed by atoms with E-state index in [2.05, 4.69) is 5.32 Å². The average Bonchev–Trinajstić information content (AvgIpc) is 2.79. The third kappa shape index (κ3) is 5.28. The molecule has 1 N–H and O–H groups in total. The number of piperidine rings is 1. The number of hydrogen-bond acceptors (Lipinski definition) is 4. The monoisotopic (exact) mass is 396 g/mol. The Bertz CT molecular complexity index is 830. The van der Waals surface area contributed by atoms with E-state index in [0.29, 0.717) is 49.5 Å². The van der Waals surface area contributed by atoms with E-state index < -0.39 is 0 Å². The lowest BCUT2D eigenvalue weighted by Gasteiger charge is -2.31. The molecule has 0 saturated carbocycles. The molecule has 6 nitrogen and oxygen atoms in total. The molecular weight excluding hydrogens is 368 g/mol. The predicted molar refractivity (Wildman–Crippen MR) is 111 cm³/mol. The van der Waals surface area contributed by atoms with Gasteiger partial charge in [0.05, 0.1) is 14.2 Å². The fourth-order valence-corrected chi connectivity index (χ4v) is 3.62. The van der Waals surface area contributed by atoms with Crippen molar-refractivity contribution in [3.63, 3.8) is 0 Å². The van der Waals surface area contributed by atoms with Crippen LogP contribution in [0.2, 0.25) is 0 Å². The van der Waals surface area contributed by atoms with E-state index in [1.807, 2.05) is 53.4 Å². The predicted octanol–water partition coefficient (Wildman–Crippen LogP) is 2.91. The van der Waals surface area contributed by atoms with Gasteiger partial charge in [-0.05, 0) is 49.1 Å². The molecule has 0 bridgehead atoms. The van der Waals surface area contributed by atoms with Crippen LogP contribution in [0.15, 0.2) is 48.5 Å². The lowest BCUT2D eigenvalue weighted by atomic mass is 9.95. The van der Waals surface area contributed by atoms with E-state index in [-0.39, 0.29) is 17.7 Å². The second-order valence-electron chi connectivity index (χ2n) is 7.16. The first-order valence-corrected chi connectivity index (χ1v) is 9.95. The van der Waals surface area contributed by atoms with Gasteiger partial charge in [-0.2, -0.15) is 0 Å². The van der Waals surface area contributed by atoms with Crippen molar-refractivity contribution < 1.29 is 19.1 Å². The van der Waals surface area contributed by atoms with Crippen molar-refractivity contribution in [2.24, 2.45) is 5.92 Å². The molecule has 2 aromatic carbocycles. The molecule has 0 aliphatic carbocycles. The van der Waals surface area contributed by atoms with Crippen LogP contribution in [-0.2, 0) is 11.2 Å². The molecule has 1 heterocycles. The van der Waals surface area contributed by atoms with Crippen molar-refractivity contribution in [3.05, 3.63) is 59.7 Å². The molecule has 0 unspecified atom stereocenters. The molecule has 2 aromatic rings. The van der Waals surface area contributed by atoms with Crippen LogP contribution < -0.4 is 14.8 Å². The number of nitrogens with zero attached hydrogens (tertiary/aromatic N) is 1. The van der Waals surface area contributed by atoms with Crippen LogP contribution in [0.1, 0.15) is 28.8 Å². The van der Waals surface area contributed by atoms with Crippen LogP contribution in [0.5, 0.6) is 11.5 Å². The van der Waals surface area contributed by atoms with E-state index in [4.69, 9.17) is 9.47 Å². The van der Waals surface area contributed by atoms with Crippen molar-refractivity contribution in [2.45, 2.75) is 19.3 Å². The maximum atomic E-state index is 12.5. The summed E-state index contributed by atoms with van der Waals surface area (Å²) in [5.41, 5.74) is 1.77. The van der Waals surface area contributed by atoms with Gasteiger partial charge in [0, 0.05) is 31.1 Å². The number of rotatable bonds is 7. The molecule has 0 radical (unpaired) electrons. The normalized spacial score (nSPS) is 14.3. The first kappa shape index (κ1) is 20.7. The van der Waals surface area contributed by atoms with Gasteiger partial charge in [0.2, 0.25) is 5.91 Å². The largest absolute Gasteiger partial charge is 0.493 e. The third-order valence-electron chi connectivity index (χ3n) is 5.33. The molecule has 0 aromatic heterocycles. The van der Waals surface area contributed by atoms with E-state index >= 15 is 0 Å². The highest BCUT2D eigenvalue weighted by molar-refractivity contribution is 5.94. The van der Waals surface area contributed by atoms with Crippen molar-refractivity contribution in [1.29, 1.82) is 0 Å². The van der Waals surface area contributed by atoms with Gasteiger partial charge >= 0.3 is 0 Å². The lowest BCUT2D eigenvalue weighted by molar-refractivity contribution is -0.126. The van der Waals surface area contributed by atoms with Gasteiger partial charge in [-0.1, -0.05) is 24.3 Å². The summed E-state index contributed by atoms with van der Waals surface area (Å²) in [4.78, 5) is 26.8. The van der Waals surface area contributed by atoms with Crippen LogP contribution in [-0.4, -0.2) is 50.6 Å². The van der Waals surface area contributed by atoms with Crippen molar-refractivity contribution >= 4 is 11.8 Å². The van der Waals surface area contributed by atoms with Gasteiger partial charge < -0.3 is 19.7 Å². The summed E-state index contributed by atoms with van der Waals surface area (Å²) < 4.78 is 10.6. The smallest absolute Gasteiger partial charge is 0.253 e. The van der Waals surface area contributed by atoms with E-state index in [0.717, 1.165) is 12.0 Å². The number of hydrogen-bond donors (Lipinski definition) is 1. The fraction of sp³-hybridized carbons (Fsp3) is 0.391. The zero-order chi connectivity index (χ0) is 20.6. The number of nitrogens with one attached hydrogen (secondary N) is 1. The molecule has 0 atom stereocenters. The zero-order valence-corrected chi connectivity index (χ0v) is 17.0. The van der Waals surface area contributed by atoms with Gasteiger partial charge in [-0.25, -0.2) is 0 Å². The quantitative estimate of drug-likeness (QED) is 0.781. The lowest BCUT2D eigenvalue weighted by Crippen LogP contribution is -2.43. The van der Waals surface area contributed by atoms with E-state index in [1.165, 1.54) is 0 Å². The molecule has 0 spiro atoms. The molecule has 1 saturated heterocycles. The summed E-state index contributed by atoms with van der Waals surface area (Å²) >= 11 is 0. The Hall–Kier alpha value is -3.02. The molecule has 29 heavy (non-hydrogen) atoms. The highest BCUT2D eigenvalue weighted by Crippen LogP contribution is 2.27. The summed E-state index contributed by atoms with van der Waals surface area (Å²) in [5, 5.41) is 3.03. The SMILES string of the molecule is COc1ccc(CCNC(=O)C2CCN(C(=O)c3ccccc3)CC2)cc1OC. The van der Waals surface area contributed by atoms with E-state index in [9.17, 15) is 9.59 Å². The highest BCUT2D eigenvalue weighted by atomic mass is 16.5. The first-order valence-electron chi connectivity index (χ1n) is 9.95. The zero-order valence-electron chi connectivity index (χ0n) is 17.0. The van der Waals surface area contributed by atoms with Gasteiger partial charge in [-0.15, -0.1) is 0 Å². The fourth-order valence-electron chi connectivity index (χ4n) is 3.62. The van der Waals surface area contributed by atoms with Gasteiger partial charge in [0.1, 0.15) is 0 Å². The third-order valence-corrected chi connectivity index (χ3v) is 5.33. The number of likely N-dealkylation sites (tertiary alicyclic amines) is 1. The standard InChI is InChI=1S/C23H28N2O4/c1-28-20-9-8-17(16-21(20)29-2)10-13-24-22(26)18-11-14-25(15-12-18)23(27)19-6-4-3-5-7-19/h3-9,16,18H,10-15H2,1-2H3,(H,24,26). The molecule has 1 aliphatic rings. The molecule has 6 heteroatoms. The van der Waals surface area contributed by atoms with Crippen LogP contribution >= 0.6 is 0 Å². The van der Waals surface area contributed by atoms with Crippen molar-refractivity contribution in [2.75, 3.05) is 33.9 Å². The number of carbonyl (C=O) groups is 2. The van der Waals surface area contributed by atoms with Crippen LogP contribution in [0, 0.1) is 5.92 Å². The summed E-state index contributed by atoms with van der Waals surface area (Å²) in [6.07, 6.45) is 2.11. The second-order valence-corrected chi connectivity index (χ2v) is 7.16. The molecular formula is C23H28N2O4. The Kier molecular flexibility index (Phi) is 7.11. The van der Waals surface area contributed by atoms with Crippen molar-refractivity contribution in [3.8, 4) is 11.5 Å². The Labute approximate surface area is 171 Å². The van der Waals surface area contributed by atoms with E-state index in [1.54, 1.807) is 14.2 Å². The molecule has 2 amide bonds. The highest BCUT2D eigenvalue weighted by Gasteiger charge is 2.27. The number of carbonyl (C=O) groups excluding carboxylic acids is 2. The Morgan fingerprint density at radius 2 is 1.69 bits per heavy atom. The summed E-state index contributed by atoms with van der Waals surface area (Å²) in [6, 6.07) is 15.1. The first-order chi connectivity index (χ1) is 14.1. The Balaban J connectivity index is 1.44. The summed E-state index contributed by atoms with van der Waals surface area (Å²) in [5.74, 6) is 1.44. The Morgan fingerprint density at radius 1 is 1.00 bits per heavy atom. The number of amides is 2. The topological polar surface area (TPSA) is 67.9 Å². The maximum Gasteiger partial charge on any atom is 0.253 e.